The van der Waals surface area contributed by atoms with E-state index in [1.807, 2.05) is 13.8 Å². The number of ether oxygens (including phenoxy) is 1. The average Bonchev–Trinajstić information content (AvgIpc) is 3.24. The molecule has 32 heavy (non-hydrogen) atoms. The van der Waals surface area contributed by atoms with Gasteiger partial charge < -0.3 is 15.2 Å². The molecule has 0 atom stereocenters. The number of aryl methyl sites for hydroxylation is 2. The Morgan fingerprint density at radius 3 is 2.75 bits per heavy atom. The molecule has 4 rings (SSSR count). The van der Waals surface area contributed by atoms with E-state index in [4.69, 9.17) is 4.74 Å². The van der Waals surface area contributed by atoms with Crippen molar-refractivity contribution in [3.63, 3.8) is 0 Å². The fourth-order valence-corrected chi connectivity index (χ4v) is 5.11. The number of rotatable bonds is 6. The zero-order valence-corrected chi connectivity index (χ0v) is 18.6. The second kappa shape index (κ2) is 8.81. The van der Waals surface area contributed by atoms with Crippen molar-refractivity contribution in [1.82, 2.24) is 23.9 Å². The molecule has 170 valence electrons. The Morgan fingerprint density at radius 1 is 1.25 bits per heavy atom. The summed E-state index contributed by atoms with van der Waals surface area (Å²) in [4.78, 5) is 21.1. The third-order valence-corrected chi connectivity index (χ3v) is 7.34. The van der Waals surface area contributed by atoms with Gasteiger partial charge in [0.2, 0.25) is 15.9 Å². The lowest BCUT2D eigenvalue weighted by atomic mass is 10.1. The van der Waals surface area contributed by atoms with Crippen LogP contribution < -0.4 is 5.32 Å². The van der Waals surface area contributed by atoms with Crippen LogP contribution in [0.15, 0.2) is 29.4 Å². The lowest BCUT2D eigenvalue weighted by Gasteiger charge is -2.26. The number of benzene rings is 1. The van der Waals surface area contributed by atoms with Gasteiger partial charge in [-0.1, -0.05) is 0 Å². The van der Waals surface area contributed by atoms with Gasteiger partial charge in [0.05, 0.1) is 23.8 Å². The van der Waals surface area contributed by atoms with Gasteiger partial charge in [-0.25, -0.2) is 17.9 Å². The summed E-state index contributed by atoms with van der Waals surface area (Å²) in [6.07, 6.45) is 1.94. The van der Waals surface area contributed by atoms with Crippen molar-refractivity contribution < 1.29 is 23.1 Å². The van der Waals surface area contributed by atoms with E-state index in [-0.39, 0.29) is 41.7 Å². The molecule has 0 aliphatic carbocycles. The van der Waals surface area contributed by atoms with Crippen LogP contribution in [0.2, 0.25) is 0 Å². The summed E-state index contributed by atoms with van der Waals surface area (Å²) in [5.41, 5.74) is 2.53. The van der Waals surface area contributed by atoms with Gasteiger partial charge in [0.15, 0.2) is 0 Å². The largest absolute Gasteiger partial charge is 0.506 e. The summed E-state index contributed by atoms with van der Waals surface area (Å²) >= 11 is 0. The fourth-order valence-electron chi connectivity index (χ4n) is 3.68. The normalized spacial score (nSPS) is 15.2. The maximum absolute atomic E-state index is 12.9. The molecular formula is C20H24N6O5S. The minimum absolute atomic E-state index is 0.0000210. The van der Waals surface area contributed by atoms with Crippen LogP contribution in [0.25, 0.3) is 5.78 Å². The SMILES string of the molecule is Cc1nc2ncnn2c(C)c1CCC(=O)Nc1cc(S(=O)(=O)N2CCOCC2)ccc1O. The zero-order valence-electron chi connectivity index (χ0n) is 17.8. The Hall–Kier alpha value is -3.09. The first-order valence-corrected chi connectivity index (χ1v) is 11.6. The second-order valence-electron chi connectivity index (χ2n) is 7.48. The predicted molar refractivity (Wildman–Crippen MR) is 115 cm³/mol. The van der Waals surface area contributed by atoms with Gasteiger partial charge in [-0.05, 0) is 44.0 Å². The van der Waals surface area contributed by atoms with Gasteiger partial charge >= 0.3 is 0 Å². The number of aromatic nitrogens is 4. The molecule has 0 saturated carbocycles. The van der Waals surface area contributed by atoms with Crippen molar-refractivity contribution in [2.45, 2.75) is 31.6 Å². The Kier molecular flexibility index (Phi) is 6.09. The van der Waals surface area contributed by atoms with Crippen molar-refractivity contribution in [3.8, 4) is 5.75 Å². The average molecular weight is 461 g/mol. The Balaban J connectivity index is 1.48. The quantitative estimate of drug-likeness (QED) is 0.520. The minimum atomic E-state index is -3.75. The number of phenolic OH excluding ortho intramolecular Hbond substituents is 1. The van der Waals surface area contributed by atoms with Crippen LogP contribution in [0.1, 0.15) is 23.4 Å². The van der Waals surface area contributed by atoms with E-state index in [1.165, 1.54) is 28.8 Å². The number of aromatic hydroxyl groups is 1. The van der Waals surface area contributed by atoms with Crippen LogP contribution >= 0.6 is 0 Å². The van der Waals surface area contributed by atoms with Crippen molar-refractivity contribution in [2.24, 2.45) is 0 Å². The molecule has 2 aromatic heterocycles. The summed E-state index contributed by atoms with van der Waals surface area (Å²) < 4.78 is 33.9. The smallest absolute Gasteiger partial charge is 0.252 e. The van der Waals surface area contributed by atoms with Gasteiger partial charge in [-0.3, -0.25) is 4.79 Å². The third kappa shape index (κ3) is 4.29. The predicted octanol–water partition coefficient (Wildman–Crippen LogP) is 1.04. The Labute approximate surface area is 185 Å². The van der Waals surface area contributed by atoms with Crippen molar-refractivity contribution in [2.75, 3.05) is 31.6 Å². The molecule has 3 aromatic rings. The molecule has 0 radical (unpaired) electrons. The van der Waals surface area contributed by atoms with Gasteiger partial charge in [0.25, 0.3) is 5.78 Å². The van der Waals surface area contributed by atoms with Crippen LogP contribution in [-0.2, 0) is 26.0 Å². The number of carbonyl (C=O) groups is 1. The number of hydrogen-bond acceptors (Lipinski definition) is 8. The molecule has 1 saturated heterocycles. The van der Waals surface area contributed by atoms with E-state index in [0.29, 0.717) is 25.4 Å². The van der Waals surface area contributed by atoms with E-state index < -0.39 is 10.0 Å². The van der Waals surface area contributed by atoms with Gasteiger partial charge in [0.1, 0.15) is 12.1 Å². The molecule has 0 spiro atoms. The zero-order chi connectivity index (χ0) is 22.9. The standard InChI is InChI=1S/C20H24N6O5S/c1-13-16(14(2)26-20(23-13)21-12-22-26)4-6-19(28)24-17-11-15(3-5-18(17)27)32(29,30)25-7-9-31-10-8-25/h3,5,11-12,27H,4,6-10H2,1-2H3,(H,24,28). The second-order valence-corrected chi connectivity index (χ2v) is 9.41. The number of morpholine rings is 1. The summed E-state index contributed by atoms with van der Waals surface area (Å²) in [5, 5.41) is 16.9. The Morgan fingerprint density at radius 2 is 2.00 bits per heavy atom. The highest BCUT2D eigenvalue weighted by atomic mass is 32.2. The molecule has 1 aliphatic rings. The first-order valence-electron chi connectivity index (χ1n) is 10.1. The van der Waals surface area contributed by atoms with Crippen molar-refractivity contribution in [1.29, 1.82) is 0 Å². The summed E-state index contributed by atoms with van der Waals surface area (Å²) in [7, 11) is -3.75. The number of amides is 1. The molecule has 12 heteroatoms. The van der Waals surface area contributed by atoms with Crippen LogP contribution in [0.3, 0.4) is 0 Å². The van der Waals surface area contributed by atoms with Crippen LogP contribution in [0.5, 0.6) is 5.75 Å². The third-order valence-electron chi connectivity index (χ3n) is 5.44. The highest BCUT2D eigenvalue weighted by Gasteiger charge is 2.27. The number of hydrogen-bond donors (Lipinski definition) is 2. The highest BCUT2D eigenvalue weighted by molar-refractivity contribution is 7.89. The monoisotopic (exact) mass is 460 g/mol. The first kappa shape index (κ1) is 22.1. The molecule has 1 aromatic carbocycles. The lowest BCUT2D eigenvalue weighted by molar-refractivity contribution is -0.116. The number of sulfonamides is 1. The topological polar surface area (TPSA) is 139 Å². The van der Waals surface area contributed by atoms with Crippen LogP contribution in [0.4, 0.5) is 5.69 Å². The Bertz CT molecular complexity index is 1270. The van der Waals surface area contributed by atoms with Crippen molar-refractivity contribution >= 4 is 27.4 Å². The fraction of sp³-hybridized carbons (Fsp3) is 0.400. The highest BCUT2D eigenvalue weighted by Crippen LogP contribution is 2.28. The molecule has 3 heterocycles. The minimum Gasteiger partial charge on any atom is -0.506 e. The number of nitrogens with zero attached hydrogens (tertiary/aromatic N) is 5. The number of anilines is 1. The lowest BCUT2D eigenvalue weighted by Crippen LogP contribution is -2.40. The van der Waals surface area contributed by atoms with Crippen LogP contribution in [-0.4, -0.2) is 69.6 Å². The molecular weight excluding hydrogens is 436 g/mol. The van der Waals surface area contributed by atoms with E-state index in [9.17, 15) is 18.3 Å². The van der Waals surface area contributed by atoms with Gasteiger partial charge in [-0.15, -0.1) is 0 Å². The summed E-state index contributed by atoms with van der Waals surface area (Å²) in [5.74, 6) is -0.0764. The van der Waals surface area contributed by atoms with Crippen molar-refractivity contribution in [3.05, 3.63) is 41.5 Å². The molecule has 1 amide bonds. The van der Waals surface area contributed by atoms with E-state index in [0.717, 1.165) is 17.0 Å². The van der Waals surface area contributed by atoms with Gasteiger partial charge in [0, 0.05) is 30.9 Å². The molecule has 2 N–H and O–H groups in total. The first-order chi connectivity index (χ1) is 15.3. The molecule has 0 bridgehead atoms. The molecule has 1 fully saturated rings. The number of fused-ring (bicyclic) bond motifs is 1. The molecule has 1 aliphatic heterocycles. The maximum Gasteiger partial charge on any atom is 0.252 e. The van der Waals surface area contributed by atoms with Crippen LogP contribution in [0, 0.1) is 13.8 Å². The van der Waals surface area contributed by atoms with E-state index >= 15 is 0 Å². The number of nitrogens with one attached hydrogen (secondary N) is 1. The summed E-state index contributed by atoms with van der Waals surface area (Å²) in [6.45, 7) is 4.90. The molecule has 0 unspecified atom stereocenters. The molecule has 11 nitrogen and oxygen atoms in total. The summed E-state index contributed by atoms with van der Waals surface area (Å²) in [6, 6.07) is 3.86. The van der Waals surface area contributed by atoms with E-state index in [1.54, 1.807) is 4.52 Å². The maximum atomic E-state index is 12.9. The van der Waals surface area contributed by atoms with Gasteiger partial charge in [-0.2, -0.15) is 14.4 Å². The number of carbonyl (C=O) groups excluding carboxylic acids is 1. The number of phenols is 1. The van der Waals surface area contributed by atoms with E-state index in [2.05, 4.69) is 20.4 Å².